The first-order valence-electron chi connectivity index (χ1n) is 5.44. The van der Waals surface area contributed by atoms with Crippen molar-refractivity contribution < 1.29 is 9.90 Å². The van der Waals surface area contributed by atoms with E-state index in [2.05, 4.69) is 21.2 Å². The number of nitrogens with one attached hydrogen (secondary N) is 1. The van der Waals surface area contributed by atoms with Crippen molar-refractivity contribution in [2.45, 2.75) is 32.4 Å². The second-order valence-electron chi connectivity index (χ2n) is 3.80. The average molecular weight is 321 g/mol. The fourth-order valence-corrected chi connectivity index (χ4v) is 2.24. The highest BCUT2D eigenvalue weighted by molar-refractivity contribution is 9.10. The van der Waals surface area contributed by atoms with Crippen LogP contribution in [-0.2, 0) is 11.3 Å². The summed E-state index contributed by atoms with van der Waals surface area (Å²) in [6.07, 6.45) is 1.45. The van der Waals surface area contributed by atoms with Crippen molar-refractivity contribution in [1.29, 1.82) is 0 Å². The molecule has 0 aromatic heterocycles. The fraction of sp³-hybridized carbons (Fsp3) is 0.417. The molecule has 0 aliphatic heterocycles. The van der Waals surface area contributed by atoms with Gasteiger partial charge >= 0.3 is 5.97 Å². The van der Waals surface area contributed by atoms with Crippen molar-refractivity contribution in [2.75, 3.05) is 0 Å². The third-order valence-electron chi connectivity index (χ3n) is 2.43. The number of aliphatic carboxylic acids is 1. The SMILES string of the molecule is CCCC(NCc1ccc(Br)cc1Cl)C(=O)O. The highest BCUT2D eigenvalue weighted by Crippen LogP contribution is 2.21. The number of carboxylic acids is 1. The first-order chi connectivity index (χ1) is 8.04. The van der Waals surface area contributed by atoms with Gasteiger partial charge in [-0.2, -0.15) is 0 Å². The highest BCUT2D eigenvalue weighted by Gasteiger charge is 2.15. The molecule has 0 spiro atoms. The molecule has 0 amide bonds. The van der Waals surface area contributed by atoms with Crippen molar-refractivity contribution in [2.24, 2.45) is 0 Å². The molecule has 0 radical (unpaired) electrons. The van der Waals surface area contributed by atoms with Gasteiger partial charge in [-0.05, 0) is 24.1 Å². The van der Waals surface area contributed by atoms with Gasteiger partial charge in [0.05, 0.1) is 0 Å². The molecule has 1 unspecified atom stereocenters. The molecule has 1 aromatic rings. The Balaban J connectivity index is 2.62. The zero-order valence-corrected chi connectivity index (χ0v) is 11.9. The van der Waals surface area contributed by atoms with Gasteiger partial charge in [-0.1, -0.05) is 46.9 Å². The van der Waals surface area contributed by atoms with Crippen molar-refractivity contribution >= 4 is 33.5 Å². The van der Waals surface area contributed by atoms with E-state index in [0.717, 1.165) is 16.5 Å². The second kappa shape index (κ2) is 6.99. The van der Waals surface area contributed by atoms with Gasteiger partial charge < -0.3 is 10.4 Å². The molecule has 0 aliphatic carbocycles. The van der Waals surface area contributed by atoms with Crippen LogP contribution in [0.2, 0.25) is 5.02 Å². The van der Waals surface area contributed by atoms with E-state index in [1.165, 1.54) is 0 Å². The van der Waals surface area contributed by atoms with Gasteiger partial charge in [0.25, 0.3) is 0 Å². The Morgan fingerprint density at radius 1 is 1.59 bits per heavy atom. The molecule has 1 atom stereocenters. The number of halogens is 2. The molecule has 0 fully saturated rings. The number of rotatable bonds is 6. The minimum absolute atomic E-state index is 0.461. The normalized spacial score (nSPS) is 12.4. The molecule has 5 heteroatoms. The zero-order valence-electron chi connectivity index (χ0n) is 9.54. The standard InChI is InChI=1S/C12H15BrClNO2/c1-2-3-11(12(16)17)15-7-8-4-5-9(13)6-10(8)14/h4-6,11,15H,2-3,7H2,1H3,(H,16,17). The number of hydrogen-bond donors (Lipinski definition) is 2. The largest absolute Gasteiger partial charge is 0.480 e. The summed E-state index contributed by atoms with van der Waals surface area (Å²) in [5, 5.41) is 12.6. The first kappa shape index (κ1) is 14.5. The number of hydrogen-bond acceptors (Lipinski definition) is 2. The lowest BCUT2D eigenvalue weighted by atomic mass is 10.1. The van der Waals surface area contributed by atoms with Crippen molar-refractivity contribution in [3.05, 3.63) is 33.3 Å². The van der Waals surface area contributed by atoms with E-state index >= 15 is 0 Å². The number of benzene rings is 1. The fourth-order valence-electron chi connectivity index (χ4n) is 1.50. The minimum atomic E-state index is -0.819. The maximum Gasteiger partial charge on any atom is 0.320 e. The molecular formula is C12H15BrClNO2. The summed E-state index contributed by atoms with van der Waals surface area (Å²) in [4.78, 5) is 10.9. The van der Waals surface area contributed by atoms with Crippen molar-refractivity contribution in [3.8, 4) is 0 Å². The van der Waals surface area contributed by atoms with Gasteiger partial charge in [-0.3, -0.25) is 4.79 Å². The molecule has 2 N–H and O–H groups in total. The Bertz CT molecular complexity index is 398. The van der Waals surface area contributed by atoms with Crippen LogP contribution in [0.4, 0.5) is 0 Å². The van der Waals surface area contributed by atoms with E-state index in [4.69, 9.17) is 16.7 Å². The van der Waals surface area contributed by atoms with Crippen molar-refractivity contribution in [1.82, 2.24) is 5.32 Å². The molecule has 0 saturated carbocycles. The van der Waals surface area contributed by atoms with Crippen LogP contribution in [0, 0.1) is 0 Å². The molecule has 3 nitrogen and oxygen atoms in total. The lowest BCUT2D eigenvalue weighted by Gasteiger charge is -2.14. The van der Waals surface area contributed by atoms with Crippen LogP contribution in [0.5, 0.6) is 0 Å². The second-order valence-corrected chi connectivity index (χ2v) is 5.12. The van der Waals surface area contributed by atoms with E-state index in [0.29, 0.717) is 18.0 Å². The van der Waals surface area contributed by atoms with E-state index in [9.17, 15) is 4.79 Å². The lowest BCUT2D eigenvalue weighted by Crippen LogP contribution is -2.36. The van der Waals surface area contributed by atoms with Crippen LogP contribution in [-0.4, -0.2) is 17.1 Å². The lowest BCUT2D eigenvalue weighted by molar-refractivity contribution is -0.139. The van der Waals surface area contributed by atoms with Gasteiger partial charge in [0, 0.05) is 16.0 Å². The van der Waals surface area contributed by atoms with Gasteiger partial charge in [0.2, 0.25) is 0 Å². The molecule has 0 aliphatic rings. The first-order valence-corrected chi connectivity index (χ1v) is 6.61. The van der Waals surface area contributed by atoms with Gasteiger partial charge in [-0.15, -0.1) is 0 Å². The number of carbonyl (C=O) groups is 1. The molecule has 0 bridgehead atoms. The third-order valence-corrected chi connectivity index (χ3v) is 3.27. The van der Waals surface area contributed by atoms with E-state index in [1.807, 2.05) is 19.1 Å². The summed E-state index contributed by atoms with van der Waals surface area (Å²) in [6, 6.07) is 5.05. The predicted octanol–water partition coefficient (Wildman–Crippen LogP) is 3.45. The van der Waals surface area contributed by atoms with Gasteiger partial charge in [-0.25, -0.2) is 0 Å². The molecule has 0 heterocycles. The molecule has 17 heavy (non-hydrogen) atoms. The van der Waals surface area contributed by atoms with E-state index in [-0.39, 0.29) is 0 Å². The minimum Gasteiger partial charge on any atom is -0.480 e. The maximum absolute atomic E-state index is 10.9. The average Bonchev–Trinajstić information content (AvgIpc) is 2.25. The van der Waals surface area contributed by atoms with Crippen molar-refractivity contribution in [3.63, 3.8) is 0 Å². The summed E-state index contributed by atoms with van der Waals surface area (Å²) >= 11 is 9.38. The van der Waals surface area contributed by atoms with Crippen LogP contribution in [0.15, 0.2) is 22.7 Å². The summed E-state index contributed by atoms with van der Waals surface area (Å²) in [5.74, 6) is -0.819. The Morgan fingerprint density at radius 3 is 2.82 bits per heavy atom. The summed E-state index contributed by atoms with van der Waals surface area (Å²) < 4.78 is 0.912. The van der Waals surface area contributed by atoms with E-state index in [1.54, 1.807) is 6.07 Å². The topological polar surface area (TPSA) is 49.3 Å². The monoisotopic (exact) mass is 319 g/mol. The Labute approximate surface area is 114 Å². The third kappa shape index (κ3) is 4.66. The van der Waals surface area contributed by atoms with Crippen LogP contribution in [0.3, 0.4) is 0 Å². The predicted molar refractivity (Wildman–Crippen MR) is 72.3 cm³/mol. The van der Waals surface area contributed by atoms with Crippen LogP contribution >= 0.6 is 27.5 Å². The summed E-state index contributed by atoms with van der Waals surface area (Å²) in [7, 11) is 0. The zero-order chi connectivity index (χ0) is 12.8. The maximum atomic E-state index is 10.9. The number of carboxylic acid groups (broad SMARTS) is 1. The quantitative estimate of drug-likeness (QED) is 0.844. The smallest absolute Gasteiger partial charge is 0.320 e. The van der Waals surface area contributed by atoms with Gasteiger partial charge in [0.15, 0.2) is 0 Å². The Kier molecular flexibility index (Phi) is 5.95. The Morgan fingerprint density at radius 2 is 2.29 bits per heavy atom. The van der Waals surface area contributed by atoms with Crippen LogP contribution < -0.4 is 5.32 Å². The molecule has 1 rings (SSSR count). The van der Waals surface area contributed by atoms with Crippen LogP contribution in [0.1, 0.15) is 25.3 Å². The molecule has 94 valence electrons. The Hall–Kier alpha value is -0.580. The van der Waals surface area contributed by atoms with Gasteiger partial charge in [0.1, 0.15) is 6.04 Å². The highest BCUT2D eigenvalue weighted by atomic mass is 79.9. The van der Waals surface area contributed by atoms with E-state index < -0.39 is 12.0 Å². The molecular weight excluding hydrogens is 305 g/mol. The molecule has 1 aromatic carbocycles. The van der Waals surface area contributed by atoms with Crippen LogP contribution in [0.25, 0.3) is 0 Å². The summed E-state index contributed by atoms with van der Waals surface area (Å²) in [6.45, 7) is 2.42. The summed E-state index contributed by atoms with van der Waals surface area (Å²) in [5.41, 5.74) is 0.900. The molecule has 0 saturated heterocycles.